The Kier molecular flexibility index (Phi) is 3.71. The summed E-state index contributed by atoms with van der Waals surface area (Å²) in [4.78, 5) is 11.0. The van der Waals surface area contributed by atoms with Gasteiger partial charge in [-0.2, -0.15) is 0 Å². The van der Waals surface area contributed by atoms with Crippen LogP contribution in [0.1, 0.15) is 17.3 Å². The van der Waals surface area contributed by atoms with Gasteiger partial charge in [0.1, 0.15) is 5.75 Å². The molecule has 0 aromatic heterocycles. The van der Waals surface area contributed by atoms with Crippen molar-refractivity contribution in [2.24, 2.45) is 5.73 Å². The normalized spacial score (nSPS) is 9.80. The van der Waals surface area contributed by atoms with Gasteiger partial charge in [-0.3, -0.25) is 4.79 Å². The van der Waals surface area contributed by atoms with Crippen molar-refractivity contribution in [1.82, 2.24) is 0 Å². The highest BCUT2D eigenvalue weighted by atomic mass is 16.5. The predicted octanol–water partition coefficient (Wildman–Crippen LogP) is -1.14. The molecule has 0 aliphatic carbocycles. The lowest BCUT2D eigenvalue weighted by atomic mass is 9.80. The maximum Gasteiger partial charge on any atom is 0.488 e. The summed E-state index contributed by atoms with van der Waals surface area (Å²) in [6.45, 7) is 2.12. The molecule has 1 aromatic rings. The summed E-state index contributed by atoms with van der Waals surface area (Å²) < 4.78 is 5.17. The summed E-state index contributed by atoms with van der Waals surface area (Å²) in [5.41, 5.74) is 5.60. The van der Waals surface area contributed by atoms with E-state index >= 15 is 0 Å². The number of rotatable bonds is 4. The van der Waals surface area contributed by atoms with Crippen LogP contribution >= 0.6 is 0 Å². The molecule has 0 saturated carbocycles. The molecule has 0 aliphatic rings. The van der Waals surface area contributed by atoms with Gasteiger partial charge in [0, 0.05) is 0 Å². The van der Waals surface area contributed by atoms with Crippen LogP contribution in [0.2, 0.25) is 0 Å². The smallest absolute Gasteiger partial charge is 0.488 e. The molecule has 80 valence electrons. The molecule has 15 heavy (non-hydrogen) atoms. The van der Waals surface area contributed by atoms with Gasteiger partial charge in [0.2, 0.25) is 0 Å². The van der Waals surface area contributed by atoms with E-state index in [2.05, 4.69) is 0 Å². The van der Waals surface area contributed by atoms with Gasteiger partial charge >= 0.3 is 7.12 Å². The molecule has 0 atom stereocenters. The number of benzene rings is 1. The maximum atomic E-state index is 11.0. The molecule has 1 aromatic carbocycles. The third-order valence-electron chi connectivity index (χ3n) is 1.87. The van der Waals surface area contributed by atoms with Gasteiger partial charge < -0.3 is 20.5 Å². The number of hydrogen-bond donors (Lipinski definition) is 3. The predicted molar refractivity (Wildman–Crippen MR) is 56.0 cm³/mol. The number of ether oxygens (including phenoxy) is 1. The van der Waals surface area contributed by atoms with Gasteiger partial charge in [0.15, 0.2) is 0 Å². The van der Waals surface area contributed by atoms with Crippen LogP contribution in [0.4, 0.5) is 0 Å². The molecular weight excluding hydrogens is 197 g/mol. The van der Waals surface area contributed by atoms with Crippen LogP contribution in [0.5, 0.6) is 5.75 Å². The molecule has 0 aliphatic heterocycles. The summed E-state index contributed by atoms with van der Waals surface area (Å²) in [5, 5.41) is 17.9. The second kappa shape index (κ2) is 4.81. The topological polar surface area (TPSA) is 92.8 Å². The number of carbonyl (C=O) groups excluding carboxylic acids is 1. The van der Waals surface area contributed by atoms with Crippen LogP contribution in [-0.4, -0.2) is 29.7 Å². The fourth-order valence-electron chi connectivity index (χ4n) is 1.18. The molecule has 6 heteroatoms. The van der Waals surface area contributed by atoms with Gasteiger partial charge in [0.05, 0.1) is 12.2 Å². The maximum absolute atomic E-state index is 11.0. The highest BCUT2D eigenvalue weighted by Crippen LogP contribution is 2.16. The van der Waals surface area contributed by atoms with Crippen molar-refractivity contribution < 1.29 is 19.6 Å². The average Bonchev–Trinajstić information content (AvgIpc) is 2.17. The summed E-state index contributed by atoms with van der Waals surface area (Å²) in [6, 6.07) is 4.20. The number of carbonyl (C=O) groups is 1. The van der Waals surface area contributed by atoms with Crippen molar-refractivity contribution in [1.29, 1.82) is 0 Å². The molecule has 0 saturated heterocycles. The van der Waals surface area contributed by atoms with Gasteiger partial charge in [0.25, 0.3) is 5.91 Å². The molecule has 0 bridgehead atoms. The molecule has 1 rings (SSSR count). The van der Waals surface area contributed by atoms with Gasteiger partial charge in [-0.05, 0) is 24.5 Å². The SMILES string of the molecule is CCOc1cc(B(O)O)ccc1C(N)=O. The van der Waals surface area contributed by atoms with E-state index in [4.69, 9.17) is 20.5 Å². The number of hydrogen-bond acceptors (Lipinski definition) is 4. The fourth-order valence-corrected chi connectivity index (χ4v) is 1.18. The van der Waals surface area contributed by atoms with Crippen molar-refractivity contribution >= 4 is 18.5 Å². The van der Waals surface area contributed by atoms with Gasteiger partial charge in [-0.15, -0.1) is 0 Å². The Labute approximate surface area is 87.6 Å². The Balaban J connectivity index is 3.14. The summed E-state index contributed by atoms with van der Waals surface area (Å²) >= 11 is 0. The second-order valence-electron chi connectivity index (χ2n) is 2.93. The van der Waals surface area contributed by atoms with E-state index in [0.717, 1.165) is 0 Å². The van der Waals surface area contributed by atoms with Gasteiger partial charge in [-0.25, -0.2) is 0 Å². The third kappa shape index (κ3) is 2.71. The summed E-state index contributed by atoms with van der Waals surface area (Å²) in [7, 11) is -1.59. The molecule has 0 unspecified atom stereocenters. The first-order chi connectivity index (χ1) is 7.06. The van der Waals surface area contributed by atoms with Crippen molar-refractivity contribution in [3.63, 3.8) is 0 Å². The van der Waals surface area contributed by atoms with E-state index in [1.807, 2.05) is 0 Å². The quantitative estimate of drug-likeness (QED) is 0.546. The molecule has 0 heterocycles. The van der Waals surface area contributed by atoms with E-state index in [0.29, 0.717) is 6.61 Å². The number of amides is 1. The molecule has 5 nitrogen and oxygen atoms in total. The third-order valence-corrected chi connectivity index (χ3v) is 1.87. The largest absolute Gasteiger partial charge is 0.493 e. The summed E-state index contributed by atoms with van der Waals surface area (Å²) in [6.07, 6.45) is 0. The molecule has 0 fully saturated rings. The van der Waals surface area contributed by atoms with Crippen LogP contribution in [0.15, 0.2) is 18.2 Å². The van der Waals surface area contributed by atoms with E-state index in [1.165, 1.54) is 18.2 Å². The first-order valence-corrected chi connectivity index (χ1v) is 4.49. The van der Waals surface area contributed by atoms with Crippen LogP contribution in [0, 0.1) is 0 Å². The Morgan fingerprint density at radius 2 is 2.20 bits per heavy atom. The highest BCUT2D eigenvalue weighted by Gasteiger charge is 2.16. The Morgan fingerprint density at radius 3 is 2.67 bits per heavy atom. The number of nitrogens with two attached hydrogens (primary N) is 1. The minimum atomic E-state index is -1.59. The Hall–Kier alpha value is -1.53. The fraction of sp³-hybridized carbons (Fsp3) is 0.222. The monoisotopic (exact) mass is 209 g/mol. The van der Waals surface area contributed by atoms with Gasteiger partial charge in [-0.1, -0.05) is 6.07 Å². The minimum Gasteiger partial charge on any atom is -0.493 e. The minimum absolute atomic E-state index is 0.223. The molecule has 0 radical (unpaired) electrons. The van der Waals surface area contributed by atoms with Crippen LogP contribution in [0.25, 0.3) is 0 Å². The zero-order valence-corrected chi connectivity index (χ0v) is 8.30. The standard InChI is InChI=1S/C9H12BNO4/c1-2-15-8-5-6(10(13)14)3-4-7(8)9(11)12/h3-5,13-14H,2H2,1H3,(H2,11,12). The summed E-state index contributed by atoms with van der Waals surface area (Å²) in [5.74, 6) is -0.354. The van der Waals surface area contributed by atoms with Crippen LogP contribution in [0.3, 0.4) is 0 Å². The Bertz CT molecular complexity index is 367. The van der Waals surface area contributed by atoms with E-state index < -0.39 is 13.0 Å². The zero-order chi connectivity index (χ0) is 11.4. The van der Waals surface area contributed by atoms with E-state index in [-0.39, 0.29) is 16.8 Å². The average molecular weight is 209 g/mol. The highest BCUT2D eigenvalue weighted by molar-refractivity contribution is 6.58. The van der Waals surface area contributed by atoms with Crippen molar-refractivity contribution in [2.75, 3.05) is 6.61 Å². The molecule has 4 N–H and O–H groups in total. The van der Waals surface area contributed by atoms with E-state index in [1.54, 1.807) is 6.92 Å². The van der Waals surface area contributed by atoms with Crippen molar-refractivity contribution in [3.05, 3.63) is 23.8 Å². The van der Waals surface area contributed by atoms with Crippen LogP contribution < -0.4 is 15.9 Å². The Morgan fingerprint density at radius 1 is 1.53 bits per heavy atom. The second-order valence-corrected chi connectivity index (χ2v) is 2.93. The first-order valence-electron chi connectivity index (χ1n) is 4.49. The first kappa shape index (κ1) is 11.5. The lowest BCUT2D eigenvalue weighted by Crippen LogP contribution is -2.30. The molecule has 1 amide bonds. The van der Waals surface area contributed by atoms with Crippen LogP contribution in [-0.2, 0) is 0 Å². The zero-order valence-electron chi connectivity index (χ0n) is 8.30. The number of primary amides is 1. The van der Waals surface area contributed by atoms with Crippen molar-refractivity contribution in [3.8, 4) is 5.75 Å². The molecule has 0 spiro atoms. The molecular formula is C9H12BNO4. The van der Waals surface area contributed by atoms with Crippen molar-refractivity contribution in [2.45, 2.75) is 6.92 Å². The lowest BCUT2D eigenvalue weighted by Gasteiger charge is -2.09. The van der Waals surface area contributed by atoms with E-state index in [9.17, 15) is 4.79 Å². The lowest BCUT2D eigenvalue weighted by molar-refractivity contribution is 0.0996.